The molecule has 0 saturated heterocycles. The second-order valence-corrected chi connectivity index (χ2v) is 4.26. The predicted octanol–water partition coefficient (Wildman–Crippen LogP) is 2.62. The van der Waals surface area contributed by atoms with Crippen molar-refractivity contribution >= 4 is 11.6 Å². The predicted molar refractivity (Wildman–Crippen MR) is 56.0 cm³/mol. The van der Waals surface area contributed by atoms with E-state index in [1.807, 2.05) is 17.9 Å². The van der Waals surface area contributed by atoms with Crippen molar-refractivity contribution in [2.75, 3.05) is 0 Å². The molecule has 0 aliphatic rings. The molecular formula is C10H17ClN2. The molecule has 0 spiro atoms. The molecule has 0 amide bonds. The normalized spacial score (nSPS) is 15.7. The Morgan fingerprint density at radius 1 is 1.62 bits per heavy atom. The molecule has 74 valence electrons. The summed E-state index contributed by atoms with van der Waals surface area (Å²) in [5.74, 6) is 0.561. The minimum atomic E-state index is 0.241. The number of halogens is 1. The molecule has 1 aromatic heterocycles. The van der Waals surface area contributed by atoms with Crippen LogP contribution in [0.15, 0.2) is 12.4 Å². The molecule has 0 saturated carbocycles. The largest absolute Gasteiger partial charge is 0.276 e. The van der Waals surface area contributed by atoms with Crippen LogP contribution in [-0.4, -0.2) is 15.2 Å². The van der Waals surface area contributed by atoms with Crippen LogP contribution in [0.3, 0.4) is 0 Å². The average molecular weight is 201 g/mol. The Morgan fingerprint density at radius 3 is 2.69 bits per heavy atom. The van der Waals surface area contributed by atoms with Crippen molar-refractivity contribution in [1.29, 1.82) is 0 Å². The molecule has 0 N–H and O–H groups in total. The second kappa shape index (κ2) is 4.66. The van der Waals surface area contributed by atoms with Crippen LogP contribution in [0.25, 0.3) is 0 Å². The summed E-state index contributed by atoms with van der Waals surface area (Å²) in [6.45, 7) is 4.24. The highest BCUT2D eigenvalue weighted by Gasteiger charge is 2.13. The Labute approximate surface area is 84.9 Å². The third-order valence-electron chi connectivity index (χ3n) is 2.43. The smallest absolute Gasteiger partial charge is 0.0521 e. The molecule has 3 heteroatoms. The molecule has 2 nitrogen and oxygen atoms in total. The van der Waals surface area contributed by atoms with Gasteiger partial charge in [-0.15, -0.1) is 11.6 Å². The number of aromatic nitrogens is 2. The maximum Gasteiger partial charge on any atom is 0.0521 e. The van der Waals surface area contributed by atoms with E-state index in [1.54, 1.807) is 0 Å². The molecule has 13 heavy (non-hydrogen) atoms. The summed E-state index contributed by atoms with van der Waals surface area (Å²) < 4.78 is 1.83. The van der Waals surface area contributed by atoms with Gasteiger partial charge >= 0.3 is 0 Å². The lowest BCUT2D eigenvalue weighted by Gasteiger charge is -2.15. The van der Waals surface area contributed by atoms with Gasteiger partial charge in [-0.1, -0.05) is 13.3 Å². The molecule has 2 atom stereocenters. The second-order valence-electron chi connectivity index (χ2n) is 3.57. The Morgan fingerprint density at radius 2 is 2.31 bits per heavy atom. The monoisotopic (exact) mass is 200 g/mol. The molecule has 1 rings (SSSR count). The van der Waals surface area contributed by atoms with Crippen molar-refractivity contribution in [3.05, 3.63) is 18.0 Å². The summed E-state index contributed by atoms with van der Waals surface area (Å²) in [7, 11) is 1.94. The van der Waals surface area contributed by atoms with Gasteiger partial charge in [0.1, 0.15) is 0 Å². The van der Waals surface area contributed by atoms with E-state index in [0.717, 1.165) is 12.8 Å². The molecule has 0 bridgehead atoms. The van der Waals surface area contributed by atoms with Crippen LogP contribution in [0.1, 0.15) is 25.8 Å². The van der Waals surface area contributed by atoms with Gasteiger partial charge in [0.15, 0.2) is 0 Å². The molecular weight excluding hydrogens is 184 g/mol. The topological polar surface area (TPSA) is 17.8 Å². The molecule has 1 aromatic rings. The standard InChI is InChI=1S/C10H17ClN2/c1-4-10(8(2)11)5-9-6-12-13(3)7-9/h6-8,10H,4-5H2,1-3H3. The zero-order valence-electron chi connectivity index (χ0n) is 8.50. The fraction of sp³-hybridized carbons (Fsp3) is 0.700. The molecule has 0 radical (unpaired) electrons. The first-order chi connectivity index (χ1) is 6.13. The summed E-state index contributed by atoms with van der Waals surface area (Å²) >= 11 is 6.07. The minimum Gasteiger partial charge on any atom is -0.276 e. The van der Waals surface area contributed by atoms with E-state index in [0.29, 0.717) is 5.92 Å². The van der Waals surface area contributed by atoms with Crippen molar-refractivity contribution in [1.82, 2.24) is 9.78 Å². The Balaban J connectivity index is 2.56. The Hall–Kier alpha value is -0.500. The van der Waals surface area contributed by atoms with Crippen LogP contribution in [0, 0.1) is 5.92 Å². The van der Waals surface area contributed by atoms with Crippen LogP contribution in [0.4, 0.5) is 0 Å². The van der Waals surface area contributed by atoms with Gasteiger partial charge in [-0.25, -0.2) is 0 Å². The Kier molecular flexibility index (Phi) is 3.79. The maximum atomic E-state index is 6.07. The van der Waals surface area contributed by atoms with E-state index in [1.165, 1.54) is 5.56 Å². The van der Waals surface area contributed by atoms with E-state index >= 15 is 0 Å². The zero-order valence-corrected chi connectivity index (χ0v) is 9.25. The fourth-order valence-electron chi connectivity index (χ4n) is 1.51. The number of aryl methyl sites for hydroxylation is 1. The number of hydrogen-bond donors (Lipinski definition) is 0. The number of nitrogens with zero attached hydrogens (tertiary/aromatic N) is 2. The highest BCUT2D eigenvalue weighted by molar-refractivity contribution is 6.20. The van der Waals surface area contributed by atoms with Crippen molar-refractivity contribution in [3.8, 4) is 0 Å². The van der Waals surface area contributed by atoms with Crippen molar-refractivity contribution < 1.29 is 0 Å². The van der Waals surface area contributed by atoms with Gasteiger partial charge in [0.2, 0.25) is 0 Å². The van der Waals surface area contributed by atoms with Crippen LogP contribution < -0.4 is 0 Å². The van der Waals surface area contributed by atoms with Gasteiger partial charge in [0, 0.05) is 18.6 Å². The lowest BCUT2D eigenvalue weighted by molar-refractivity contribution is 0.497. The quantitative estimate of drug-likeness (QED) is 0.684. The van der Waals surface area contributed by atoms with E-state index in [4.69, 9.17) is 11.6 Å². The Bertz CT molecular complexity index is 255. The SMILES string of the molecule is CCC(Cc1cnn(C)c1)C(C)Cl. The molecule has 0 fully saturated rings. The van der Waals surface area contributed by atoms with Crippen LogP contribution >= 0.6 is 11.6 Å². The molecule has 1 heterocycles. The van der Waals surface area contributed by atoms with Crippen LogP contribution in [0.5, 0.6) is 0 Å². The summed E-state index contributed by atoms with van der Waals surface area (Å²) in [5, 5.41) is 4.38. The minimum absolute atomic E-state index is 0.241. The lowest BCUT2D eigenvalue weighted by Crippen LogP contribution is -2.13. The van der Waals surface area contributed by atoms with Crippen LogP contribution in [0.2, 0.25) is 0 Å². The highest BCUT2D eigenvalue weighted by Crippen LogP contribution is 2.19. The van der Waals surface area contributed by atoms with E-state index < -0.39 is 0 Å². The maximum absolute atomic E-state index is 6.07. The number of hydrogen-bond acceptors (Lipinski definition) is 1. The van der Waals surface area contributed by atoms with Gasteiger partial charge in [-0.2, -0.15) is 5.10 Å². The van der Waals surface area contributed by atoms with Gasteiger partial charge in [-0.05, 0) is 24.8 Å². The first-order valence-electron chi connectivity index (χ1n) is 4.75. The van der Waals surface area contributed by atoms with Gasteiger partial charge in [0.25, 0.3) is 0 Å². The summed E-state index contributed by atoms with van der Waals surface area (Å²) in [6, 6.07) is 0. The molecule has 0 aliphatic carbocycles. The van der Waals surface area contributed by atoms with Gasteiger partial charge < -0.3 is 0 Å². The highest BCUT2D eigenvalue weighted by atomic mass is 35.5. The van der Waals surface area contributed by atoms with Crippen LogP contribution in [-0.2, 0) is 13.5 Å². The third kappa shape index (κ3) is 3.03. The lowest BCUT2D eigenvalue weighted by atomic mass is 9.96. The van der Waals surface area contributed by atoms with E-state index in [9.17, 15) is 0 Å². The zero-order chi connectivity index (χ0) is 9.84. The molecule has 2 unspecified atom stereocenters. The number of alkyl halides is 1. The molecule has 0 aromatic carbocycles. The van der Waals surface area contributed by atoms with Gasteiger partial charge in [0.05, 0.1) is 6.20 Å². The van der Waals surface area contributed by atoms with E-state index in [2.05, 4.69) is 25.1 Å². The van der Waals surface area contributed by atoms with Crippen molar-refractivity contribution in [2.45, 2.75) is 32.1 Å². The fourth-order valence-corrected chi connectivity index (χ4v) is 1.78. The third-order valence-corrected chi connectivity index (χ3v) is 2.79. The van der Waals surface area contributed by atoms with E-state index in [-0.39, 0.29) is 5.38 Å². The van der Waals surface area contributed by atoms with Crippen molar-refractivity contribution in [3.63, 3.8) is 0 Å². The first kappa shape index (κ1) is 10.6. The summed E-state index contributed by atoms with van der Waals surface area (Å²) in [5.41, 5.74) is 1.28. The van der Waals surface area contributed by atoms with Crippen molar-refractivity contribution in [2.24, 2.45) is 13.0 Å². The average Bonchev–Trinajstić information content (AvgIpc) is 2.46. The molecule has 0 aliphatic heterocycles. The van der Waals surface area contributed by atoms with Gasteiger partial charge in [-0.3, -0.25) is 4.68 Å². The number of rotatable bonds is 4. The first-order valence-corrected chi connectivity index (χ1v) is 5.18. The summed E-state index contributed by atoms with van der Waals surface area (Å²) in [4.78, 5) is 0. The summed E-state index contributed by atoms with van der Waals surface area (Å²) in [6.07, 6.45) is 6.14.